The van der Waals surface area contributed by atoms with Crippen molar-refractivity contribution in [1.29, 1.82) is 0 Å². The Bertz CT molecular complexity index is 53.3. The zero-order valence-electron chi connectivity index (χ0n) is 8.68. The van der Waals surface area contributed by atoms with E-state index in [0.29, 0.717) is 0 Å². The molecule has 0 unspecified atom stereocenters. The number of unbranched alkanes of at least 4 members (excludes halogenated alkanes) is 2. The summed E-state index contributed by atoms with van der Waals surface area (Å²) in [5, 5.41) is 0. The lowest BCUT2D eigenvalue weighted by Gasteiger charge is -1.93. The summed E-state index contributed by atoms with van der Waals surface area (Å²) in [7, 11) is 6.91. The number of hydrogen-bond acceptors (Lipinski definition) is 2. The molecule has 0 saturated carbocycles. The Balaban J connectivity index is 0. The van der Waals surface area contributed by atoms with E-state index in [0.717, 1.165) is 17.1 Å². The van der Waals surface area contributed by atoms with Gasteiger partial charge >= 0.3 is 0 Å². The van der Waals surface area contributed by atoms with Crippen molar-refractivity contribution in [2.24, 2.45) is 0 Å². The highest BCUT2D eigenvalue weighted by Crippen LogP contribution is 1.91. The van der Waals surface area contributed by atoms with Crippen molar-refractivity contribution in [3.05, 3.63) is 0 Å². The van der Waals surface area contributed by atoms with Gasteiger partial charge in [0.05, 0.1) is 0 Å². The molecule has 0 heterocycles. The molecule has 0 aliphatic carbocycles. The van der Waals surface area contributed by atoms with Gasteiger partial charge in [0.2, 0.25) is 0 Å². The van der Waals surface area contributed by atoms with E-state index in [1.165, 1.54) is 19.3 Å². The lowest BCUT2D eigenvalue weighted by atomic mass is 10.3. The van der Waals surface area contributed by atoms with Gasteiger partial charge in [0.15, 0.2) is 0 Å². The lowest BCUT2D eigenvalue weighted by molar-refractivity contribution is 0.335. The maximum absolute atomic E-state index is 4.98. The van der Waals surface area contributed by atoms with Crippen molar-refractivity contribution in [2.45, 2.75) is 26.2 Å². The molecule has 3 heteroatoms. The summed E-state index contributed by atoms with van der Waals surface area (Å²) in [6.45, 7) is 3.19. The van der Waals surface area contributed by atoms with Crippen LogP contribution < -0.4 is 0 Å². The summed E-state index contributed by atoms with van der Waals surface area (Å²) in [4.78, 5) is 2.00. The van der Waals surface area contributed by atoms with E-state index >= 15 is 0 Å². The molecule has 11 heavy (non-hydrogen) atoms. The van der Waals surface area contributed by atoms with Crippen LogP contribution in [0.2, 0.25) is 0 Å². The van der Waals surface area contributed by atoms with E-state index in [4.69, 9.17) is 4.43 Å². The monoisotopic (exact) mass is 177 g/mol. The van der Waals surface area contributed by atoms with Gasteiger partial charge in [-0.25, -0.2) is 0 Å². The fourth-order valence-electron chi connectivity index (χ4n) is 0.496. The van der Waals surface area contributed by atoms with E-state index in [1.54, 1.807) is 0 Å². The summed E-state index contributed by atoms with van der Waals surface area (Å²) in [6.07, 6.45) is 3.87. The Morgan fingerprint density at radius 2 is 1.64 bits per heavy atom. The first-order valence-corrected chi connectivity index (χ1v) is 5.06. The number of hydrogen-bond donors (Lipinski definition) is 0. The minimum Gasteiger partial charge on any atom is -0.428 e. The predicted octanol–water partition coefficient (Wildman–Crippen LogP) is 0.651. The van der Waals surface area contributed by atoms with Crippen LogP contribution in [0.25, 0.3) is 0 Å². The van der Waals surface area contributed by atoms with Gasteiger partial charge in [-0.1, -0.05) is 19.8 Å². The highest BCUT2D eigenvalue weighted by Gasteiger charge is 1.79. The normalized spacial score (nSPS) is 9.55. The SMILES string of the molecule is CCCCCO[SiH3].CN(C)C. The van der Waals surface area contributed by atoms with Crippen LogP contribution >= 0.6 is 0 Å². The van der Waals surface area contributed by atoms with E-state index in [1.807, 2.05) is 26.0 Å². The summed E-state index contributed by atoms with van der Waals surface area (Å²) in [6, 6.07) is 0. The molecule has 0 amide bonds. The Morgan fingerprint density at radius 3 is 1.91 bits per heavy atom. The molecule has 0 saturated heterocycles. The van der Waals surface area contributed by atoms with Crippen LogP contribution in [0.3, 0.4) is 0 Å². The number of rotatable bonds is 4. The molecule has 0 rings (SSSR count). The van der Waals surface area contributed by atoms with Crippen LogP contribution in [-0.4, -0.2) is 43.1 Å². The quantitative estimate of drug-likeness (QED) is 0.462. The molecule has 0 aromatic carbocycles. The highest BCUT2D eigenvalue weighted by molar-refractivity contribution is 5.97. The second-order valence-electron chi connectivity index (χ2n) is 3.04. The van der Waals surface area contributed by atoms with Crippen molar-refractivity contribution >= 4 is 10.5 Å². The minimum atomic E-state index is 0.906. The molecule has 0 atom stereocenters. The molecule has 0 aliphatic heterocycles. The zero-order valence-corrected chi connectivity index (χ0v) is 10.7. The van der Waals surface area contributed by atoms with E-state index in [9.17, 15) is 0 Å². The Kier molecular flexibility index (Phi) is 15.9. The van der Waals surface area contributed by atoms with Crippen molar-refractivity contribution in [3.8, 4) is 0 Å². The van der Waals surface area contributed by atoms with Crippen LogP contribution in [0.15, 0.2) is 0 Å². The molecule has 0 aromatic heterocycles. The first-order chi connectivity index (χ1) is 5.15. The molecule has 0 aliphatic rings. The Hall–Kier alpha value is 0.137. The molecule has 0 N–H and O–H groups in total. The molecule has 0 radical (unpaired) electrons. The molecule has 0 spiro atoms. The van der Waals surface area contributed by atoms with Crippen molar-refractivity contribution in [1.82, 2.24) is 4.90 Å². The standard InChI is InChI=1S/C5H14OSi.C3H9N/c1-2-3-4-5-6-7;1-4(2)3/h2-5H2,1,7H3;1-3H3. The Morgan fingerprint density at radius 1 is 1.18 bits per heavy atom. The average molecular weight is 177 g/mol. The summed E-state index contributed by atoms with van der Waals surface area (Å²) >= 11 is 0. The Labute approximate surface area is 74.5 Å². The van der Waals surface area contributed by atoms with E-state index in [2.05, 4.69) is 6.92 Å². The van der Waals surface area contributed by atoms with Gasteiger partial charge in [-0.3, -0.25) is 0 Å². The second-order valence-corrected chi connectivity index (χ2v) is 3.62. The molecular formula is C8H23NOSi. The topological polar surface area (TPSA) is 12.5 Å². The van der Waals surface area contributed by atoms with Crippen LogP contribution in [0.5, 0.6) is 0 Å². The molecular weight excluding hydrogens is 154 g/mol. The fourth-order valence-corrected chi connectivity index (χ4v) is 0.785. The maximum Gasteiger partial charge on any atom is 0.145 e. The van der Waals surface area contributed by atoms with Crippen molar-refractivity contribution in [3.63, 3.8) is 0 Å². The van der Waals surface area contributed by atoms with E-state index in [-0.39, 0.29) is 0 Å². The summed E-state index contributed by atoms with van der Waals surface area (Å²) < 4.78 is 4.98. The van der Waals surface area contributed by atoms with Crippen molar-refractivity contribution < 1.29 is 4.43 Å². The zero-order chi connectivity index (χ0) is 9.11. The average Bonchev–Trinajstić information content (AvgIpc) is 1.88. The fraction of sp³-hybridized carbons (Fsp3) is 1.00. The van der Waals surface area contributed by atoms with Gasteiger partial charge < -0.3 is 9.33 Å². The van der Waals surface area contributed by atoms with Gasteiger partial charge in [0.1, 0.15) is 10.5 Å². The van der Waals surface area contributed by atoms with Gasteiger partial charge in [-0.2, -0.15) is 0 Å². The van der Waals surface area contributed by atoms with E-state index < -0.39 is 0 Å². The molecule has 0 bridgehead atoms. The van der Waals surface area contributed by atoms with Crippen LogP contribution in [-0.2, 0) is 4.43 Å². The number of nitrogens with zero attached hydrogens (tertiary/aromatic N) is 1. The third-order valence-corrected chi connectivity index (χ3v) is 1.36. The molecule has 0 aromatic rings. The predicted molar refractivity (Wildman–Crippen MR) is 55.0 cm³/mol. The third-order valence-electron chi connectivity index (χ3n) is 0.952. The minimum absolute atomic E-state index is 0.906. The van der Waals surface area contributed by atoms with Gasteiger partial charge in [-0.15, -0.1) is 0 Å². The summed E-state index contributed by atoms with van der Waals surface area (Å²) in [5.74, 6) is 0. The van der Waals surface area contributed by atoms with Crippen LogP contribution in [0, 0.1) is 0 Å². The van der Waals surface area contributed by atoms with Crippen LogP contribution in [0.1, 0.15) is 26.2 Å². The second kappa shape index (κ2) is 12.8. The summed E-state index contributed by atoms with van der Waals surface area (Å²) in [5.41, 5.74) is 0. The van der Waals surface area contributed by atoms with Gasteiger partial charge in [0, 0.05) is 6.61 Å². The van der Waals surface area contributed by atoms with Gasteiger partial charge in [0.25, 0.3) is 0 Å². The highest BCUT2D eigenvalue weighted by atomic mass is 28.2. The smallest absolute Gasteiger partial charge is 0.145 e. The molecule has 70 valence electrons. The first-order valence-electron chi connectivity index (χ1n) is 4.25. The molecule has 0 fully saturated rings. The van der Waals surface area contributed by atoms with Crippen molar-refractivity contribution in [2.75, 3.05) is 27.7 Å². The molecule has 2 nitrogen and oxygen atoms in total. The first kappa shape index (κ1) is 13.7. The lowest BCUT2D eigenvalue weighted by Crippen LogP contribution is -1.99. The maximum atomic E-state index is 4.98. The van der Waals surface area contributed by atoms with Crippen LogP contribution in [0.4, 0.5) is 0 Å². The largest absolute Gasteiger partial charge is 0.428 e. The van der Waals surface area contributed by atoms with Gasteiger partial charge in [-0.05, 0) is 27.6 Å². The third kappa shape index (κ3) is 39.2.